The van der Waals surface area contributed by atoms with Gasteiger partial charge in [-0.05, 0) is 71.4 Å². The van der Waals surface area contributed by atoms with Gasteiger partial charge in [0.1, 0.15) is 11.6 Å². The number of hydrogen-bond acceptors (Lipinski definition) is 4. The van der Waals surface area contributed by atoms with Gasteiger partial charge in [0.2, 0.25) is 0 Å². The molecule has 1 aromatic rings. The van der Waals surface area contributed by atoms with Gasteiger partial charge in [-0.1, -0.05) is 24.6 Å². The number of methoxy groups -OCH3 is 1. The lowest BCUT2D eigenvalue weighted by atomic mass is 9.97. The molecule has 0 aliphatic heterocycles. The number of benzene rings is 1. The molecule has 1 fully saturated rings. The van der Waals surface area contributed by atoms with E-state index in [9.17, 15) is 4.79 Å². The fourth-order valence-electron chi connectivity index (χ4n) is 3.18. The van der Waals surface area contributed by atoms with E-state index < -0.39 is 0 Å². The second-order valence-electron chi connectivity index (χ2n) is 7.87. The topological polar surface area (TPSA) is 62.7 Å². The molecule has 5 heteroatoms. The Bertz CT molecular complexity index is 783. The molecule has 0 radical (unpaired) electrons. The molecule has 1 saturated carbocycles. The summed E-state index contributed by atoms with van der Waals surface area (Å²) in [5, 5.41) is 6.60. The van der Waals surface area contributed by atoms with Crippen molar-refractivity contribution in [3.8, 4) is 5.75 Å². The number of ether oxygens (including phenoxy) is 1. The predicted molar refractivity (Wildman–Crippen MR) is 116 cm³/mol. The lowest BCUT2D eigenvalue weighted by Gasteiger charge is -2.22. The van der Waals surface area contributed by atoms with Gasteiger partial charge in [-0.2, -0.15) is 0 Å². The van der Waals surface area contributed by atoms with Crippen molar-refractivity contribution in [2.45, 2.75) is 65.5 Å². The van der Waals surface area contributed by atoms with E-state index in [1.165, 1.54) is 0 Å². The fourth-order valence-corrected chi connectivity index (χ4v) is 3.18. The van der Waals surface area contributed by atoms with E-state index in [1.807, 2.05) is 52.0 Å². The molecular weight excluding hydrogens is 350 g/mol. The smallest absolute Gasteiger partial charge is 0.252 e. The van der Waals surface area contributed by atoms with Crippen LogP contribution in [0.1, 0.15) is 65.5 Å². The molecule has 0 spiro atoms. The number of nitrogens with one attached hydrogen (secondary N) is 2. The highest BCUT2D eigenvalue weighted by atomic mass is 16.5. The van der Waals surface area contributed by atoms with Gasteiger partial charge in [-0.15, -0.1) is 0 Å². The van der Waals surface area contributed by atoms with Crippen LogP contribution in [0.4, 0.5) is 0 Å². The van der Waals surface area contributed by atoms with Gasteiger partial charge in [0.15, 0.2) is 0 Å². The van der Waals surface area contributed by atoms with Crippen LogP contribution in [0, 0.1) is 0 Å². The summed E-state index contributed by atoms with van der Waals surface area (Å²) >= 11 is 0. The monoisotopic (exact) mass is 383 g/mol. The highest BCUT2D eigenvalue weighted by Crippen LogP contribution is 2.36. The van der Waals surface area contributed by atoms with Crippen LogP contribution in [-0.4, -0.2) is 25.3 Å². The average molecular weight is 384 g/mol. The molecule has 1 aromatic carbocycles. The molecular formula is C23H33N3O2. The Morgan fingerprint density at radius 1 is 1.29 bits per heavy atom. The standard InChI is InChI=1S/C23H33N3O2/c1-8-19(21(24-6)26-23(5)13-14-23)20(15(2)3)22(27)25-16(4)17-9-11-18(28-7)12-10-17/h9-12,16,26H,6,8,13-14H2,1-5,7H3,(H,25,27)/b21-19-/t16-/m0/s1. The number of aliphatic imine (C=N–C) groups is 1. The number of carbonyl (C=O) groups excluding carboxylic acids is 1. The molecule has 0 aromatic heterocycles. The molecule has 5 nitrogen and oxygen atoms in total. The van der Waals surface area contributed by atoms with Crippen LogP contribution in [0.5, 0.6) is 5.75 Å². The molecule has 1 atom stereocenters. The average Bonchev–Trinajstić information content (AvgIpc) is 3.40. The Morgan fingerprint density at radius 2 is 1.89 bits per heavy atom. The van der Waals surface area contributed by atoms with Crippen LogP contribution in [0.2, 0.25) is 0 Å². The van der Waals surface area contributed by atoms with Gasteiger partial charge in [0.05, 0.1) is 13.2 Å². The highest BCUT2D eigenvalue weighted by Gasteiger charge is 2.38. The third kappa shape index (κ3) is 5.24. The largest absolute Gasteiger partial charge is 0.497 e. The molecule has 0 unspecified atom stereocenters. The minimum absolute atomic E-state index is 0.0660. The Hall–Kier alpha value is -2.56. The van der Waals surface area contributed by atoms with Gasteiger partial charge in [-0.25, -0.2) is 4.99 Å². The summed E-state index contributed by atoms with van der Waals surface area (Å²) in [7, 11) is 1.64. The molecule has 2 N–H and O–H groups in total. The second kappa shape index (κ2) is 9.09. The van der Waals surface area contributed by atoms with E-state index in [4.69, 9.17) is 4.74 Å². The maximum atomic E-state index is 13.2. The third-order valence-electron chi connectivity index (χ3n) is 5.21. The maximum absolute atomic E-state index is 13.2. The Labute approximate surface area is 169 Å². The van der Waals surface area contributed by atoms with Gasteiger partial charge >= 0.3 is 0 Å². The molecule has 1 aliphatic rings. The van der Waals surface area contributed by atoms with Crippen molar-refractivity contribution in [2.24, 2.45) is 4.99 Å². The van der Waals surface area contributed by atoms with E-state index >= 15 is 0 Å². The number of rotatable bonds is 9. The van der Waals surface area contributed by atoms with Gasteiger partial charge < -0.3 is 15.4 Å². The zero-order valence-electron chi connectivity index (χ0n) is 18.0. The molecule has 0 bridgehead atoms. The van der Waals surface area contributed by atoms with Gasteiger partial charge in [0, 0.05) is 16.7 Å². The molecule has 1 aliphatic carbocycles. The van der Waals surface area contributed by atoms with Crippen molar-refractivity contribution in [3.05, 3.63) is 52.4 Å². The van der Waals surface area contributed by atoms with Crippen LogP contribution < -0.4 is 15.4 Å². The second-order valence-corrected chi connectivity index (χ2v) is 7.87. The van der Waals surface area contributed by atoms with Crippen molar-refractivity contribution in [1.82, 2.24) is 10.6 Å². The van der Waals surface area contributed by atoms with E-state index in [2.05, 4.69) is 29.3 Å². The first-order valence-corrected chi connectivity index (χ1v) is 9.85. The van der Waals surface area contributed by atoms with Crippen molar-refractivity contribution in [2.75, 3.05) is 7.11 Å². The first-order chi connectivity index (χ1) is 13.2. The Morgan fingerprint density at radius 3 is 2.32 bits per heavy atom. The summed E-state index contributed by atoms with van der Waals surface area (Å²) in [6.45, 7) is 13.8. The quantitative estimate of drug-likeness (QED) is 0.370. The molecule has 1 amide bonds. The predicted octanol–water partition coefficient (Wildman–Crippen LogP) is 4.67. The van der Waals surface area contributed by atoms with Crippen molar-refractivity contribution >= 4 is 12.6 Å². The number of carbonyl (C=O) groups is 1. The summed E-state index contributed by atoms with van der Waals surface area (Å²) in [6.07, 6.45) is 2.91. The van der Waals surface area contributed by atoms with Crippen LogP contribution in [0.3, 0.4) is 0 Å². The minimum Gasteiger partial charge on any atom is -0.497 e. The zero-order chi connectivity index (χ0) is 20.9. The third-order valence-corrected chi connectivity index (χ3v) is 5.21. The normalized spacial score (nSPS) is 16.4. The summed E-state index contributed by atoms with van der Waals surface area (Å²) in [4.78, 5) is 17.4. The van der Waals surface area contributed by atoms with Crippen LogP contribution in [-0.2, 0) is 4.79 Å². The highest BCUT2D eigenvalue weighted by molar-refractivity contribution is 5.98. The first kappa shape index (κ1) is 21.7. The molecule has 2 rings (SSSR count). The number of hydrogen-bond donors (Lipinski definition) is 2. The van der Waals surface area contributed by atoms with E-state index in [-0.39, 0.29) is 17.5 Å². The summed E-state index contributed by atoms with van der Waals surface area (Å²) in [5.74, 6) is 1.42. The van der Waals surface area contributed by atoms with Crippen molar-refractivity contribution < 1.29 is 9.53 Å². The molecule has 152 valence electrons. The SMILES string of the molecule is C=N/C(NC1(C)CC1)=C(\CC)C(C(=O)N[C@@H](C)c1ccc(OC)cc1)=C(C)C. The van der Waals surface area contributed by atoms with Crippen LogP contribution >= 0.6 is 0 Å². The van der Waals surface area contributed by atoms with Gasteiger partial charge in [0.25, 0.3) is 5.91 Å². The maximum Gasteiger partial charge on any atom is 0.252 e. The number of allylic oxidation sites excluding steroid dienone is 1. The van der Waals surface area contributed by atoms with E-state index in [1.54, 1.807) is 7.11 Å². The molecule has 0 saturated heterocycles. The Kier molecular flexibility index (Phi) is 7.05. The van der Waals surface area contributed by atoms with Crippen LogP contribution in [0.15, 0.2) is 51.8 Å². The van der Waals surface area contributed by atoms with Crippen molar-refractivity contribution in [1.29, 1.82) is 0 Å². The first-order valence-electron chi connectivity index (χ1n) is 9.85. The fraction of sp³-hybridized carbons (Fsp3) is 0.478. The van der Waals surface area contributed by atoms with E-state index in [0.717, 1.165) is 35.3 Å². The van der Waals surface area contributed by atoms with Crippen molar-refractivity contribution in [3.63, 3.8) is 0 Å². The summed E-state index contributed by atoms with van der Waals surface area (Å²) < 4.78 is 5.21. The number of amides is 1. The Balaban J connectivity index is 2.27. The van der Waals surface area contributed by atoms with E-state index in [0.29, 0.717) is 17.8 Å². The summed E-state index contributed by atoms with van der Waals surface area (Å²) in [5.41, 5.74) is 3.64. The van der Waals surface area contributed by atoms with Gasteiger partial charge in [-0.3, -0.25) is 4.79 Å². The molecule has 28 heavy (non-hydrogen) atoms. The molecule has 0 heterocycles. The number of nitrogens with zero attached hydrogens (tertiary/aromatic N) is 1. The lowest BCUT2D eigenvalue weighted by Crippen LogP contribution is -2.32. The minimum atomic E-state index is -0.125. The van der Waals surface area contributed by atoms with Crippen LogP contribution in [0.25, 0.3) is 0 Å². The lowest BCUT2D eigenvalue weighted by molar-refractivity contribution is -0.118. The zero-order valence-corrected chi connectivity index (χ0v) is 18.0. The summed E-state index contributed by atoms with van der Waals surface area (Å²) in [6, 6.07) is 7.61.